The monoisotopic (exact) mass is 418 g/mol. The van der Waals surface area contributed by atoms with Gasteiger partial charge < -0.3 is 14.5 Å². The van der Waals surface area contributed by atoms with Gasteiger partial charge in [-0.1, -0.05) is 0 Å². The summed E-state index contributed by atoms with van der Waals surface area (Å²) in [5, 5.41) is 10.6. The van der Waals surface area contributed by atoms with Crippen LogP contribution in [0.3, 0.4) is 0 Å². The number of ether oxygens (including phenoxy) is 1. The third-order valence-electron chi connectivity index (χ3n) is 4.94. The number of H-pyrrole nitrogens is 1. The fourth-order valence-corrected chi connectivity index (χ4v) is 4.58. The first kappa shape index (κ1) is 19.8. The molecule has 4 heterocycles. The highest BCUT2D eigenvalue weighted by Gasteiger charge is 2.31. The van der Waals surface area contributed by atoms with Crippen LogP contribution in [0.1, 0.15) is 53.1 Å². The standard InChI is InChI=1S/C19H26N6O3S/c1-19(2,3)28-18(27)25-8-6-12-11(9-25)15(23-22-12)16(26)21-17-20-13-5-7-24(4)10-14(13)29-17/h5-10H2,1-4H3,(H,22,23)(H,20,21,26). The number of carbonyl (C=O) groups is 2. The summed E-state index contributed by atoms with van der Waals surface area (Å²) in [4.78, 5) is 34.9. The lowest BCUT2D eigenvalue weighted by molar-refractivity contribution is 0.0222. The smallest absolute Gasteiger partial charge is 0.410 e. The minimum absolute atomic E-state index is 0.294. The molecule has 2 aliphatic heterocycles. The predicted molar refractivity (Wildman–Crippen MR) is 109 cm³/mol. The summed E-state index contributed by atoms with van der Waals surface area (Å²) in [6, 6.07) is 0. The van der Waals surface area contributed by atoms with Crippen LogP contribution in [0.15, 0.2) is 0 Å². The van der Waals surface area contributed by atoms with Crippen molar-refractivity contribution in [3.8, 4) is 0 Å². The summed E-state index contributed by atoms with van der Waals surface area (Å²) in [5.41, 5.74) is 2.42. The summed E-state index contributed by atoms with van der Waals surface area (Å²) < 4.78 is 5.46. The highest BCUT2D eigenvalue weighted by atomic mass is 32.1. The van der Waals surface area contributed by atoms with Crippen LogP contribution in [-0.4, -0.2) is 62.7 Å². The van der Waals surface area contributed by atoms with Crippen LogP contribution in [0, 0.1) is 0 Å². The Morgan fingerprint density at radius 2 is 2.00 bits per heavy atom. The molecular weight excluding hydrogens is 392 g/mol. The van der Waals surface area contributed by atoms with Crippen molar-refractivity contribution in [3.63, 3.8) is 0 Å². The summed E-state index contributed by atoms with van der Waals surface area (Å²) in [6.07, 6.45) is 1.11. The van der Waals surface area contributed by atoms with Crippen LogP contribution in [0.4, 0.5) is 9.93 Å². The summed E-state index contributed by atoms with van der Waals surface area (Å²) in [7, 11) is 2.08. The number of carbonyl (C=O) groups excluding carboxylic acids is 2. The third-order valence-corrected chi connectivity index (χ3v) is 5.94. The van der Waals surface area contributed by atoms with Gasteiger partial charge >= 0.3 is 6.09 Å². The fraction of sp³-hybridized carbons (Fsp3) is 0.579. The Hall–Kier alpha value is -2.46. The lowest BCUT2D eigenvalue weighted by atomic mass is 10.1. The Morgan fingerprint density at radius 1 is 1.21 bits per heavy atom. The molecule has 29 heavy (non-hydrogen) atoms. The van der Waals surface area contributed by atoms with Crippen LogP contribution in [0.5, 0.6) is 0 Å². The summed E-state index contributed by atoms with van der Waals surface area (Å²) in [5.74, 6) is -0.312. The Bertz CT molecular complexity index is 944. The molecule has 156 valence electrons. The number of hydrogen-bond acceptors (Lipinski definition) is 7. The van der Waals surface area contributed by atoms with Crippen molar-refractivity contribution in [1.29, 1.82) is 0 Å². The third kappa shape index (κ3) is 4.27. The molecular formula is C19H26N6O3S. The fourth-order valence-electron chi connectivity index (χ4n) is 3.50. The normalized spacial score (nSPS) is 16.9. The number of aromatic amines is 1. The van der Waals surface area contributed by atoms with Gasteiger partial charge in [0.1, 0.15) is 5.60 Å². The summed E-state index contributed by atoms with van der Waals surface area (Å²) >= 11 is 1.51. The zero-order valence-corrected chi connectivity index (χ0v) is 18.0. The van der Waals surface area contributed by atoms with Crippen molar-refractivity contribution >= 4 is 28.5 Å². The number of nitrogens with zero attached hydrogens (tertiary/aromatic N) is 4. The van der Waals surface area contributed by atoms with E-state index in [9.17, 15) is 9.59 Å². The second kappa shape index (κ2) is 7.42. The number of rotatable bonds is 2. The van der Waals surface area contributed by atoms with Gasteiger partial charge in [-0.2, -0.15) is 5.10 Å². The lowest BCUT2D eigenvalue weighted by Gasteiger charge is -2.30. The first-order valence-electron chi connectivity index (χ1n) is 9.72. The minimum Gasteiger partial charge on any atom is -0.444 e. The summed E-state index contributed by atoms with van der Waals surface area (Å²) in [6.45, 7) is 8.15. The molecule has 0 aromatic carbocycles. The van der Waals surface area contributed by atoms with Crippen molar-refractivity contribution in [1.82, 2.24) is 25.0 Å². The SMILES string of the molecule is CN1CCc2nc(NC(=O)c3n[nH]c4c3CN(C(=O)OC(C)(C)C)CC4)sc2C1. The predicted octanol–water partition coefficient (Wildman–Crippen LogP) is 2.40. The van der Waals surface area contributed by atoms with Gasteiger partial charge in [0.05, 0.1) is 12.2 Å². The molecule has 0 saturated carbocycles. The molecule has 0 spiro atoms. The largest absolute Gasteiger partial charge is 0.444 e. The quantitative estimate of drug-likeness (QED) is 0.776. The zero-order chi connectivity index (χ0) is 20.8. The average molecular weight is 419 g/mol. The van der Waals surface area contributed by atoms with Gasteiger partial charge in [-0.05, 0) is 27.8 Å². The lowest BCUT2D eigenvalue weighted by Crippen LogP contribution is -2.40. The number of likely N-dealkylation sites (N-methyl/N-ethyl adjacent to an activating group) is 1. The van der Waals surface area contributed by atoms with Gasteiger partial charge in [0.15, 0.2) is 10.8 Å². The molecule has 9 nitrogen and oxygen atoms in total. The van der Waals surface area contributed by atoms with E-state index in [0.717, 1.165) is 36.5 Å². The van der Waals surface area contributed by atoms with Crippen molar-refractivity contribution in [2.24, 2.45) is 0 Å². The minimum atomic E-state index is -0.564. The van der Waals surface area contributed by atoms with E-state index in [1.807, 2.05) is 20.8 Å². The molecule has 2 aliphatic rings. The second-order valence-corrected chi connectivity index (χ2v) is 9.60. The molecule has 10 heteroatoms. The molecule has 0 radical (unpaired) electrons. The van der Waals surface area contributed by atoms with Crippen LogP contribution in [-0.2, 0) is 30.7 Å². The number of thiazole rings is 1. The first-order valence-corrected chi connectivity index (χ1v) is 10.5. The van der Waals surface area contributed by atoms with Gasteiger partial charge in [-0.15, -0.1) is 11.3 Å². The van der Waals surface area contributed by atoms with E-state index in [1.54, 1.807) is 4.90 Å². The highest BCUT2D eigenvalue weighted by Crippen LogP contribution is 2.29. The van der Waals surface area contributed by atoms with Crippen LogP contribution in [0.2, 0.25) is 0 Å². The molecule has 2 aromatic rings. The maximum absolute atomic E-state index is 12.9. The van der Waals surface area contributed by atoms with Gasteiger partial charge in [-0.3, -0.25) is 15.2 Å². The van der Waals surface area contributed by atoms with Crippen molar-refractivity contribution in [2.45, 2.75) is 52.3 Å². The topological polar surface area (TPSA) is 103 Å². The molecule has 0 bridgehead atoms. The number of fused-ring (bicyclic) bond motifs is 2. The second-order valence-electron chi connectivity index (χ2n) is 8.51. The van der Waals surface area contributed by atoms with E-state index >= 15 is 0 Å². The van der Waals surface area contributed by atoms with E-state index in [-0.39, 0.29) is 12.0 Å². The molecule has 0 atom stereocenters. The number of aromatic nitrogens is 3. The van der Waals surface area contributed by atoms with Crippen LogP contribution < -0.4 is 5.32 Å². The molecule has 0 saturated heterocycles. The Balaban J connectivity index is 1.48. The number of nitrogens with one attached hydrogen (secondary N) is 2. The van der Waals surface area contributed by atoms with Crippen molar-refractivity contribution in [2.75, 3.05) is 25.5 Å². The maximum atomic E-state index is 12.9. The Kier molecular flexibility index (Phi) is 5.07. The Labute approximate surface area is 173 Å². The molecule has 0 unspecified atom stereocenters. The number of amides is 2. The molecule has 2 N–H and O–H groups in total. The van der Waals surface area contributed by atoms with Gasteiger partial charge in [0.2, 0.25) is 0 Å². The van der Waals surface area contributed by atoms with E-state index in [2.05, 4.69) is 32.4 Å². The maximum Gasteiger partial charge on any atom is 0.410 e. The molecule has 2 aromatic heterocycles. The van der Waals surface area contributed by atoms with Crippen molar-refractivity contribution in [3.05, 3.63) is 27.5 Å². The van der Waals surface area contributed by atoms with Crippen molar-refractivity contribution < 1.29 is 14.3 Å². The van der Waals surface area contributed by atoms with E-state index in [0.29, 0.717) is 30.3 Å². The van der Waals surface area contributed by atoms with Gasteiger partial charge in [0.25, 0.3) is 5.91 Å². The van der Waals surface area contributed by atoms with E-state index in [1.165, 1.54) is 16.2 Å². The van der Waals surface area contributed by atoms with Crippen LogP contribution >= 0.6 is 11.3 Å². The van der Waals surface area contributed by atoms with Gasteiger partial charge in [-0.25, -0.2) is 9.78 Å². The molecule has 4 rings (SSSR count). The zero-order valence-electron chi connectivity index (χ0n) is 17.2. The molecule has 2 amide bonds. The molecule has 0 aliphatic carbocycles. The number of hydrogen-bond donors (Lipinski definition) is 2. The first-order chi connectivity index (χ1) is 13.7. The highest BCUT2D eigenvalue weighted by molar-refractivity contribution is 7.15. The number of anilines is 1. The average Bonchev–Trinajstić information content (AvgIpc) is 3.22. The molecule has 0 fully saturated rings. The Morgan fingerprint density at radius 3 is 2.76 bits per heavy atom. The van der Waals surface area contributed by atoms with Gasteiger partial charge in [0, 0.05) is 48.6 Å². The van der Waals surface area contributed by atoms with E-state index in [4.69, 9.17) is 4.74 Å². The van der Waals surface area contributed by atoms with E-state index < -0.39 is 5.60 Å². The van der Waals surface area contributed by atoms with Crippen LogP contribution in [0.25, 0.3) is 0 Å².